The number of benzene rings is 1. The molecule has 94 valence electrons. The number of nitrogens with zero attached hydrogens (tertiary/aromatic N) is 1. The zero-order valence-corrected chi connectivity index (χ0v) is 11.3. The molecular formula is C13H18FNOS. The van der Waals surface area contributed by atoms with Gasteiger partial charge in [0, 0.05) is 18.0 Å². The molecule has 1 atom stereocenters. The molecule has 0 saturated heterocycles. The highest BCUT2D eigenvalue weighted by Gasteiger charge is 2.18. The van der Waals surface area contributed by atoms with Gasteiger partial charge in [0.25, 0.3) is 0 Å². The molecule has 17 heavy (non-hydrogen) atoms. The van der Waals surface area contributed by atoms with Gasteiger partial charge in [0.1, 0.15) is 5.82 Å². The second-order valence-corrected chi connectivity index (χ2v) is 5.14. The molecule has 0 spiro atoms. The Hall–Kier alpha value is -1.03. The maximum Gasteiger partial charge on any atom is 0.235 e. The van der Waals surface area contributed by atoms with Crippen LogP contribution in [-0.4, -0.2) is 29.1 Å². The van der Waals surface area contributed by atoms with Gasteiger partial charge in [0.05, 0.1) is 5.25 Å². The van der Waals surface area contributed by atoms with Crippen LogP contribution in [-0.2, 0) is 4.79 Å². The summed E-state index contributed by atoms with van der Waals surface area (Å²) >= 11 is 1.46. The number of carbonyl (C=O) groups excluding carboxylic acids is 1. The highest BCUT2D eigenvalue weighted by atomic mass is 32.2. The lowest BCUT2D eigenvalue weighted by atomic mass is 10.3. The van der Waals surface area contributed by atoms with Gasteiger partial charge in [-0.05, 0) is 45.0 Å². The van der Waals surface area contributed by atoms with Crippen molar-refractivity contribution >= 4 is 17.7 Å². The summed E-state index contributed by atoms with van der Waals surface area (Å²) in [6.45, 7) is 7.27. The highest BCUT2D eigenvalue weighted by molar-refractivity contribution is 8.00. The summed E-state index contributed by atoms with van der Waals surface area (Å²) in [5.74, 6) is -0.124. The predicted octanol–water partition coefficient (Wildman–Crippen LogP) is 3.17. The lowest BCUT2D eigenvalue weighted by Crippen LogP contribution is -2.36. The van der Waals surface area contributed by atoms with E-state index in [1.807, 2.05) is 20.8 Å². The number of rotatable bonds is 5. The Morgan fingerprint density at radius 3 is 2.29 bits per heavy atom. The normalized spacial score (nSPS) is 12.2. The molecule has 0 fully saturated rings. The van der Waals surface area contributed by atoms with Gasteiger partial charge in [-0.1, -0.05) is 0 Å². The molecule has 0 aliphatic carbocycles. The summed E-state index contributed by atoms with van der Waals surface area (Å²) in [5, 5.41) is -0.139. The third-order valence-corrected chi connectivity index (χ3v) is 3.65. The van der Waals surface area contributed by atoms with E-state index in [-0.39, 0.29) is 17.0 Å². The standard InChI is InChI=1S/C13H18FNOS/c1-4-15(5-2)13(16)10(3)17-12-8-6-11(14)7-9-12/h6-10H,4-5H2,1-3H3. The molecule has 1 amide bonds. The Morgan fingerprint density at radius 2 is 1.82 bits per heavy atom. The van der Waals surface area contributed by atoms with Gasteiger partial charge < -0.3 is 4.90 Å². The number of thioether (sulfide) groups is 1. The van der Waals surface area contributed by atoms with Crippen LogP contribution in [0.25, 0.3) is 0 Å². The molecule has 0 radical (unpaired) electrons. The topological polar surface area (TPSA) is 20.3 Å². The molecule has 1 rings (SSSR count). The van der Waals surface area contributed by atoms with Gasteiger partial charge in [-0.25, -0.2) is 4.39 Å². The van der Waals surface area contributed by atoms with Crippen molar-refractivity contribution in [2.24, 2.45) is 0 Å². The number of hydrogen-bond acceptors (Lipinski definition) is 2. The quantitative estimate of drug-likeness (QED) is 0.753. The minimum Gasteiger partial charge on any atom is -0.342 e. The summed E-state index contributed by atoms with van der Waals surface area (Å²) in [7, 11) is 0. The van der Waals surface area contributed by atoms with Gasteiger partial charge >= 0.3 is 0 Å². The molecule has 0 aromatic heterocycles. The van der Waals surface area contributed by atoms with Gasteiger partial charge in [-0.2, -0.15) is 0 Å². The molecule has 1 aromatic rings. The first-order chi connectivity index (χ1) is 8.08. The molecule has 0 saturated carbocycles. The number of halogens is 1. The number of carbonyl (C=O) groups is 1. The van der Waals surface area contributed by atoms with E-state index >= 15 is 0 Å². The van der Waals surface area contributed by atoms with E-state index in [4.69, 9.17) is 0 Å². The maximum absolute atomic E-state index is 12.7. The smallest absolute Gasteiger partial charge is 0.235 e. The van der Waals surface area contributed by atoms with Crippen molar-refractivity contribution in [2.75, 3.05) is 13.1 Å². The van der Waals surface area contributed by atoms with Gasteiger partial charge in [-0.15, -0.1) is 11.8 Å². The van der Waals surface area contributed by atoms with Crippen LogP contribution in [0, 0.1) is 5.82 Å². The van der Waals surface area contributed by atoms with E-state index < -0.39 is 0 Å². The summed E-state index contributed by atoms with van der Waals surface area (Å²) in [6, 6.07) is 6.23. The Kier molecular flexibility index (Phi) is 5.48. The molecule has 0 heterocycles. The largest absolute Gasteiger partial charge is 0.342 e. The van der Waals surface area contributed by atoms with Crippen molar-refractivity contribution < 1.29 is 9.18 Å². The van der Waals surface area contributed by atoms with Crippen molar-refractivity contribution in [3.63, 3.8) is 0 Å². The minimum atomic E-state index is -0.253. The Labute approximate surface area is 106 Å². The fourth-order valence-electron chi connectivity index (χ4n) is 1.56. The van der Waals surface area contributed by atoms with Gasteiger partial charge in [0.2, 0.25) is 5.91 Å². The monoisotopic (exact) mass is 255 g/mol. The Bertz CT molecular complexity index is 362. The molecule has 0 N–H and O–H groups in total. The van der Waals surface area contributed by atoms with E-state index in [2.05, 4.69) is 0 Å². The summed E-state index contributed by atoms with van der Waals surface area (Å²) in [4.78, 5) is 14.7. The summed E-state index contributed by atoms with van der Waals surface area (Å²) in [5.41, 5.74) is 0. The fourth-order valence-corrected chi connectivity index (χ4v) is 2.51. The average Bonchev–Trinajstić information content (AvgIpc) is 2.33. The summed E-state index contributed by atoms with van der Waals surface area (Å²) < 4.78 is 12.7. The van der Waals surface area contributed by atoms with Crippen molar-refractivity contribution in [3.05, 3.63) is 30.1 Å². The number of hydrogen-bond donors (Lipinski definition) is 0. The lowest BCUT2D eigenvalue weighted by molar-refractivity contribution is -0.129. The first-order valence-electron chi connectivity index (χ1n) is 5.79. The van der Waals surface area contributed by atoms with Crippen LogP contribution >= 0.6 is 11.8 Å². The van der Waals surface area contributed by atoms with Crippen LogP contribution in [0.15, 0.2) is 29.2 Å². The van der Waals surface area contributed by atoms with Crippen molar-refractivity contribution in [1.82, 2.24) is 4.90 Å². The zero-order chi connectivity index (χ0) is 12.8. The molecule has 4 heteroatoms. The summed E-state index contributed by atoms with van der Waals surface area (Å²) in [6.07, 6.45) is 0. The van der Waals surface area contributed by atoms with E-state index in [0.29, 0.717) is 0 Å². The van der Waals surface area contributed by atoms with E-state index in [1.165, 1.54) is 23.9 Å². The van der Waals surface area contributed by atoms with Crippen LogP contribution in [0.5, 0.6) is 0 Å². The third kappa shape index (κ3) is 4.04. The van der Waals surface area contributed by atoms with E-state index in [1.54, 1.807) is 17.0 Å². The highest BCUT2D eigenvalue weighted by Crippen LogP contribution is 2.24. The van der Waals surface area contributed by atoms with Crippen LogP contribution in [0.3, 0.4) is 0 Å². The molecule has 2 nitrogen and oxygen atoms in total. The first kappa shape index (κ1) is 14.0. The van der Waals surface area contributed by atoms with Crippen LogP contribution < -0.4 is 0 Å². The van der Waals surface area contributed by atoms with Gasteiger partial charge in [-0.3, -0.25) is 4.79 Å². The second-order valence-electron chi connectivity index (χ2n) is 3.72. The fraction of sp³-hybridized carbons (Fsp3) is 0.462. The first-order valence-corrected chi connectivity index (χ1v) is 6.67. The van der Waals surface area contributed by atoms with Crippen LogP contribution in [0.2, 0.25) is 0 Å². The Balaban J connectivity index is 2.62. The average molecular weight is 255 g/mol. The number of amides is 1. The maximum atomic E-state index is 12.7. The minimum absolute atomic E-state index is 0.129. The van der Waals surface area contributed by atoms with Crippen molar-refractivity contribution in [1.29, 1.82) is 0 Å². The van der Waals surface area contributed by atoms with Crippen LogP contribution in [0.4, 0.5) is 4.39 Å². The molecule has 1 aromatic carbocycles. The van der Waals surface area contributed by atoms with E-state index in [0.717, 1.165) is 18.0 Å². The molecule has 0 aliphatic rings. The van der Waals surface area contributed by atoms with Crippen molar-refractivity contribution in [2.45, 2.75) is 30.9 Å². The van der Waals surface area contributed by atoms with Crippen molar-refractivity contribution in [3.8, 4) is 0 Å². The lowest BCUT2D eigenvalue weighted by Gasteiger charge is -2.22. The van der Waals surface area contributed by atoms with E-state index in [9.17, 15) is 9.18 Å². The molecule has 1 unspecified atom stereocenters. The SMILES string of the molecule is CCN(CC)C(=O)C(C)Sc1ccc(F)cc1. The molecular weight excluding hydrogens is 237 g/mol. The van der Waals surface area contributed by atoms with Gasteiger partial charge in [0.15, 0.2) is 0 Å². The predicted molar refractivity (Wildman–Crippen MR) is 69.6 cm³/mol. The zero-order valence-electron chi connectivity index (χ0n) is 10.4. The van der Waals surface area contributed by atoms with Crippen LogP contribution in [0.1, 0.15) is 20.8 Å². The third-order valence-electron chi connectivity index (χ3n) is 2.55. The Morgan fingerprint density at radius 1 is 1.29 bits per heavy atom. The molecule has 0 aliphatic heterocycles. The molecule has 0 bridgehead atoms. The second kappa shape index (κ2) is 6.64.